The molecule has 0 saturated heterocycles. The number of hydrogen-bond donors (Lipinski definition) is 2. The fourth-order valence-electron chi connectivity index (χ4n) is 2.98. The smallest absolute Gasteiger partial charge is 0.0431 e. The maximum absolute atomic E-state index is 8.74. The first-order valence-electron chi connectivity index (χ1n) is 6.32. The van der Waals surface area contributed by atoms with Crippen LogP contribution in [-0.4, -0.2) is 24.3 Å². The van der Waals surface area contributed by atoms with Gasteiger partial charge in [0.05, 0.1) is 0 Å². The molecular formula is C13H23NO. The Bertz CT molecular complexity index is 227. The summed E-state index contributed by atoms with van der Waals surface area (Å²) in [4.78, 5) is 0. The van der Waals surface area contributed by atoms with Crippen molar-refractivity contribution >= 4 is 0 Å². The Morgan fingerprint density at radius 3 is 2.87 bits per heavy atom. The third-order valence-electron chi connectivity index (χ3n) is 3.94. The zero-order chi connectivity index (χ0) is 10.7. The van der Waals surface area contributed by atoms with Crippen LogP contribution in [0, 0.1) is 17.8 Å². The van der Waals surface area contributed by atoms with Gasteiger partial charge in [-0.15, -0.1) is 0 Å². The summed E-state index contributed by atoms with van der Waals surface area (Å²) in [7, 11) is 0. The van der Waals surface area contributed by atoms with Crippen molar-refractivity contribution in [3.05, 3.63) is 12.2 Å². The number of hydrogen-bond acceptors (Lipinski definition) is 2. The van der Waals surface area contributed by atoms with Crippen LogP contribution in [0.4, 0.5) is 0 Å². The van der Waals surface area contributed by atoms with Gasteiger partial charge in [-0.05, 0) is 56.9 Å². The molecule has 0 aromatic heterocycles. The second-order valence-corrected chi connectivity index (χ2v) is 5.22. The molecule has 0 spiro atoms. The minimum Gasteiger partial charge on any atom is -0.396 e. The summed E-state index contributed by atoms with van der Waals surface area (Å²) < 4.78 is 0. The third-order valence-corrected chi connectivity index (χ3v) is 3.94. The van der Waals surface area contributed by atoms with Crippen LogP contribution in [0.3, 0.4) is 0 Å². The summed E-state index contributed by atoms with van der Waals surface area (Å²) in [5, 5.41) is 12.3. The van der Waals surface area contributed by atoms with Gasteiger partial charge < -0.3 is 10.4 Å². The summed E-state index contributed by atoms with van der Waals surface area (Å²) in [6.07, 6.45) is 9.62. The number of allylic oxidation sites excluding steroid dienone is 2. The van der Waals surface area contributed by atoms with Crippen LogP contribution < -0.4 is 5.32 Å². The van der Waals surface area contributed by atoms with Gasteiger partial charge in [0.1, 0.15) is 0 Å². The van der Waals surface area contributed by atoms with Crippen LogP contribution in [0.25, 0.3) is 0 Å². The molecular weight excluding hydrogens is 186 g/mol. The first-order valence-corrected chi connectivity index (χ1v) is 6.32. The van der Waals surface area contributed by atoms with Gasteiger partial charge in [-0.3, -0.25) is 0 Å². The number of aliphatic hydroxyl groups is 1. The van der Waals surface area contributed by atoms with E-state index in [2.05, 4.69) is 24.4 Å². The largest absolute Gasteiger partial charge is 0.396 e. The molecule has 4 atom stereocenters. The van der Waals surface area contributed by atoms with Crippen LogP contribution in [0.5, 0.6) is 0 Å². The van der Waals surface area contributed by atoms with Gasteiger partial charge >= 0.3 is 0 Å². The lowest BCUT2D eigenvalue weighted by atomic mass is 9.93. The topological polar surface area (TPSA) is 32.3 Å². The second kappa shape index (κ2) is 5.13. The van der Waals surface area contributed by atoms with Gasteiger partial charge in [-0.1, -0.05) is 12.2 Å². The number of nitrogens with one attached hydrogen (secondary N) is 1. The lowest BCUT2D eigenvalue weighted by molar-refractivity contribution is 0.274. The molecule has 0 aliphatic heterocycles. The lowest BCUT2D eigenvalue weighted by Gasteiger charge is -2.21. The van der Waals surface area contributed by atoms with Gasteiger partial charge in [0.25, 0.3) is 0 Å². The van der Waals surface area contributed by atoms with E-state index < -0.39 is 0 Å². The van der Waals surface area contributed by atoms with Gasteiger partial charge in [0.15, 0.2) is 0 Å². The fourth-order valence-corrected chi connectivity index (χ4v) is 2.98. The molecule has 2 aliphatic rings. The molecule has 0 amide bonds. The van der Waals surface area contributed by atoms with Crippen molar-refractivity contribution in [2.24, 2.45) is 17.8 Å². The van der Waals surface area contributed by atoms with Gasteiger partial charge in [-0.2, -0.15) is 0 Å². The SMILES string of the molecule is C[C@@H](CCCO)NC[C@@H]1C[C@H]2C=C[C@H]1C2. The Balaban J connectivity index is 1.64. The van der Waals surface area contributed by atoms with E-state index >= 15 is 0 Å². The van der Waals surface area contributed by atoms with E-state index in [1.807, 2.05) is 0 Å². The van der Waals surface area contributed by atoms with Crippen molar-refractivity contribution in [3.63, 3.8) is 0 Å². The van der Waals surface area contributed by atoms with Crippen LogP contribution in [0.1, 0.15) is 32.6 Å². The summed E-state index contributed by atoms with van der Waals surface area (Å²) >= 11 is 0. The predicted molar refractivity (Wildman–Crippen MR) is 62.6 cm³/mol. The van der Waals surface area contributed by atoms with E-state index in [1.54, 1.807) is 0 Å². The van der Waals surface area contributed by atoms with Crippen LogP contribution in [-0.2, 0) is 0 Å². The number of aliphatic hydroxyl groups excluding tert-OH is 1. The number of rotatable bonds is 6. The maximum Gasteiger partial charge on any atom is 0.0431 e. The highest BCUT2D eigenvalue weighted by atomic mass is 16.2. The van der Waals surface area contributed by atoms with Crippen molar-refractivity contribution in [1.82, 2.24) is 5.32 Å². The molecule has 0 aromatic carbocycles. The Morgan fingerprint density at radius 1 is 1.40 bits per heavy atom. The van der Waals surface area contributed by atoms with Crippen molar-refractivity contribution < 1.29 is 5.11 Å². The maximum atomic E-state index is 8.74. The fraction of sp³-hybridized carbons (Fsp3) is 0.846. The zero-order valence-corrected chi connectivity index (χ0v) is 9.65. The summed E-state index contributed by atoms with van der Waals surface area (Å²) in [5.74, 6) is 2.61. The molecule has 0 aromatic rings. The molecule has 1 saturated carbocycles. The molecule has 2 bridgehead atoms. The van der Waals surface area contributed by atoms with E-state index in [9.17, 15) is 0 Å². The lowest BCUT2D eigenvalue weighted by Crippen LogP contribution is -2.32. The molecule has 0 unspecified atom stereocenters. The van der Waals surface area contributed by atoms with Crippen molar-refractivity contribution in [3.8, 4) is 0 Å². The van der Waals surface area contributed by atoms with Gasteiger partial charge in [0, 0.05) is 12.6 Å². The van der Waals surface area contributed by atoms with E-state index in [1.165, 1.54) is 12.8 Å². The molecule has 1 fully saturated rings. The molecule has 2 aliphatic carbocycles. The first kappa shape index (κ1) is 11.2. The van der Waals surface area contributed by atoms with E-state index in [0.717, 1.165) is 37.1 Å². The quantitative estimate of drug-likeness (QED) is 0.655. The zero-order valence-electron chi connectivity index (χ0n) is 9.65. The highest BCUT2D eigenvalue weighted by Gasteiger charge is 2.35. The van der Waals surface area contributed by atoms with Crippen molar-refractivity contribution in [1.29, 1.82) is 0 Å². The average Bonchev–Trinajstić information content (AvgIpc) is 2.84. The molecule has 2 N–H and O–H groups in total. The first-order chi connectivity index (χ1) is 7.29. The van der Waals surface area contributed by atoms with Crippen LogP contribution in [0.2, 0.25) is 0 Å². The van der Waals surface area contributed by atoms with Crippen molar-refractivity contribution in [2.45, 2.75) is 38.6 Å². The highest BCUT2D eigenvalue weighted by Crippen LogP contribution is 2.42. The summed E-state index contributed by atoms with van der Waals surface area (Å²) in [6.45, 7) is 3.71. The molecule has 2 nitrogen and oxygen atoms in total. The molecule has 2 heteroatoms. The molecule has 0 radical (unpaired) electrons. The predicted octanol–water partition coefficient (Wildman–Crippen LogP) is 1.95. The second-order valence-electron chi connectivity index (χ2n) is 5.22. The Kier molecular flexibility index (Phi) is 3.81. The van der Waals surface area contributed by atoms with Gasteiger partial charge in [0.2, 0.25) is 0 Å². The van der Waals surface area contributed by atoms with E-state index in [0.29, 0.717) is 12.6 Å². The average molecular weight is 209 g/mol. The highest BCUT2D eigenvalue weighted by molar-refractivity contribution is 5.10. The summed E-state index contributed by atoms with van der Waals surface area (Å²) in [5.41, 5.74) is 0. The minimum absolute atomic E-state index is 0.322. The Morgan fingerprint density at radius 2 is 2.27 bits per heavy atom. The third kappa shape index (κ3) is 2.82. The molecule has 86 valence electrons. The Labute approximate surface area is 92.8 Å². The normalized spacial score (nSPS) is 34.9. The minimum atomic E-state index is 0.322. The summed E-state index contributed by atoms with van der Waals surface area (Å²) in [6, 6.07) is 0.556. The van der Waals surface area contributed by atoms with Gasteiger partial charge in [-0.25, -0.2) is 0 Å². The van der Waals surface area contributed by atoms with E-state index in [4.69, 9.17) is 5.11 Å². The van der Waals surface area contributed by atoms with Crippen molar-refractivity contribution in [2.75, 3.05) is 13.2 Å². The van der Waals surface area contributed by atoms with Crippen LogP contribution in [0.15, 0.2) is 12.2 Å². The molecule has 15 heavy (non-hydrogen) atoms. The van der Waals surface area contributed by atoms with E-state index in [-0.39, 0.29) is 0 Å². The van der Waals surface area contributed by atoms with Crippen LogP contribution >= 0.6 is 0 Å². The number of fused-ring (bicyclic) bond motifs is 2. The standard InChI is InChI=1S/C13H23NO/c1-10(3-2-6-15)14-9-13-8-11-4-5-12(13)7-11/h4-5,10-15H,2-3,6-9H2,1H3/t10-,11-,12-,13-/m0/s1. The molecule has 0 heterocycles. The monoisotopic (exact) mass is 209 g/mol. The Hall–Kier alpha value is -0.340. The molecule has 2 rings (SSSR count).